The molecule has 1 fully saturated rings. The predicted molar refractivity (Wildman–Crippen MR) is 77.9 cm³/mol. The molecule has 0 radical (unpaired) electrons. The topological polar surface area (TPSA) is 55.3 Å². The average Bonchev–Trinajstić information content (AvgIpc) is 3.17. The van der Waals surface area contributed by atoms with E-state index in [4.69, 9.17) is 10.2 Å². The first kappa shape index (κ1) is 13.3. The van der Waals surface area contributed by atoms with Gasteiger partial charge in [-0.1, -0.05) is 6.07 Å². The van der Waals surface area contributed by atoms with Gasteiger partial charge in [-0.25, -0.2) is 0 Å². The van der Waals surface area contributed by atoms with Gasteiger partial charge in [0.2, 0.25) is 0 Å². The van der Waals surface area contributed by atoms with E-state index in [1.165, 1.54) is 18.4 Å². The van der Waals surface area contributed by atoms with Gasteiger partial charge in [0, 0.05) is 24.5 Å². The lowest BCUT2D eigenvalue weighted by atomic mass is 10.0. The summed E-state index contributed by atoms with van der Waals surface area (Å²) in [6.45, 7) is 2.87. The maximum atomic E-state index is 6.26. The van der Waals surface area contributed by atoms with E-state index in [9.17, 15) is 0 Å². The third-order valence-corrected chi connectivity index (χ3v) is 3.82. The zero-order chi connectivity index (χ0) is 13.9. The van der Waals surface area contributed by atoms with Crippen LogP contribution in [0.2, 0.25) is 0 Å². The van der Waals surface area contributed by atoms with Gasteiger partial charge in [0.1, 0.15) is 5.76 Å². The first-order valence-electron chi connectivity index (χ1n) is 7.19. The first-order valence-corrected chi connectivity index (χ1v) is 7.19. The van der Waals surface area contributed by atoms with Crippen LogP contribution in [0.5, 0.6) is 0 Å². The number of aromatic nitrogens is 1. The van der Waals surface area contributed by atoms with Gasteiger partial charge in [0.05, 0.1) is 18.8 Å². The first-order chi connectivity index (χ1) is 9.75. The molecule has 2 N–H and O–H groups in total. The fourth-order valence-electron chi connectivity index (χ4n) is 2.79. The molecule has 3 rings (SSSR count). The largest absolute Gasteiger partial charge is 0.468 e. The second-order valence-corrected chi connectivity index (χ2v) is 5.57. The van der Waals surface area contributed by atoms with Crippen molar-refractivity contribution >= 4 is 0 Å². The number of rotatable bonds is 6. The maximum Gasteiger partial charge on any atom is 0.117 e. The molecule has 1 aliphatic rings. The lowest BCUT2D eigenvalue weighted by Gasteiger charge is -2.34. The van der Waals surface area contributed by atoms with Crippen molar-refractivity contribution in [2.24, 2.45) is 5.73 Å². The van der Waals surface area contributed by atoms with Crippen LogP contribution in [-0.4, -0.2) is 22.0 Å². The monoisotopic (exact) mass is 271 g/mol. The summed E-state index contributed by atoms with van der Waals surface area (Å²) in [5.41, 5.74) is 7.45. The average molecular weight is 271 g/mol. The number of pyridine rings is 1. The highest BCUT2D eigenvalue weighted by Gasteiger charge is 2.36. The van der Waals surface area contributed by atoms with E-state index >= 15 is 0 Å². The van der Waals surface area contributed by atoms with Crippen LogP contribution < -0.4 is 5.73 Å². The molecule has 0 spiro atoms. The van der Waals surface area contributed by atoms with Crippen LogP contribution in [0.3, 0.4) is 0 Å². The van der Waals surface area contributed by atoms with Crippen LogP contribution in [0.25, 0.3) is 0 Å². The number of hydrogen-bond acceptors (Lipinski definition) is 4. The fourth-order valence-corrected chi connectivity index (χ4v) is 2.79. The normalized spacial score (nSPS) is 18.1. The highest BCUT2D eigenvalue weighted by molar-refractivity contribution is 5.17. The Morgan fingerprint density at radius 3 is 2.80 bits per heavy atom. The smallest absolute Gasteiger partial charge is 0.117 e. The number of hydrogen-bond donors (Lipinski definition) is 1. The van der Waals surface area contributed by atoms with Crippen molar-refractivity contribution in [2.45, 2.75) is 44.4 Å². The van der Waals surface area contributed by atoms with Crippen LogP contribution in [-0.2, 0) is 6.54 Å². The van der Waals surface area contributed by atoms with Crippen molar-refractivity contribution in [1.29, 1.82) is 0 Å². The molecule has 2 atom stereocenters. The Bertz CT molecular complexity index is 520. The summed E-state index contributed by atoms with van der Waals surface area (Å²) in [6, 6.07) is 8.89. The molecule has 1 aliphatic carbocycles. The summed E-state index contributed by atoms with van der Waals surface area (Å²) < 4.78 is 5.51. The molecule has 0 saturated heterocycles. The molecular formula is C16H21N3O. The van der Waals surface area contributed by atoms with Gasteiger partial charge in [-0.3, -0.25) is 9.88 Å². The molecule has 0 amide bonds. The Labute approximate surface area is 119 Å². The molecule has 0 bridgehead atoms. The van der Waals surface area contributed by atoms with E-state index in [0.29, 0.717) is 6.04 Å². The molecule has 2 aromatic heterocycles. The lowest BCUT2D eigenvalue weighted by Crippen LogP contribution is -2.40. The number of furan rings is 1. The van der Waals surface area contributed by atoms with Gasteiger partial charge >= 0.3 is 0 Å². The van der Waals surface area contributed by atoms with E-state index < -0.39 is 0 Å². The second-order valence-electron chi connectivity index (χ2n) is 5.57. The second kappa shape index (κ2) is 5.77. The van der Waals surface area contributed by atoms with E-state index in [1.54, 1.807) is 12.5 Å². The SMILES string of the molecule is CC(N)C(c1cccnc1)N(Cc1ccco1)C1CC1. The van der Waals surface area contributed by atoms with Crippen molar-refractivity contribution in [3.05, 3.63) is 54.2 Å². The van der Waals surface area contributed by atoms with E-state index in [0.717, 1.165) is 12.3 Å². The van der Waals surface area contributed by atoms with E-state index in [2.05, 4.69) is 22.9 Å². The van der Waals surface area contributed by atoms with Crippen LogP contribution >= 0.6 is 0 Å². The van der Waals surface area contributed by atoms with Gasteiger partial charge in [0.15, 0.2) is 0 Å². The third-order valence-electron chi connectivity index (χ3n) is 3.82. The summed E-state index contributed by atoms with van der Waals surface area (Å²) in [5, 5.41) is 0. The zero-order valence-electron chi connectivity index (χ0n) is 11.8. The molecule has 1 saturated carbocycles. The lowest BCUT2D eigenvalue weighted by molar-refractivity contribution is 0.145. The molecule has 106 valence electrons. The summed E-state index contributed by atoms with van der Waals surface area (Å²) in [4.78, 5) is 6.70. The van der Waals surface area contributed by atoms with Crippen LogP contribution in [0.15, 0.2) is 47.3 Å². The van der Waals surface area contributed by atoms with Gasteiger partial charge in [-0.2, -0.15) is 0 Å². The number of nitrogens with two attached hydrogens (primary N) is 1. The molecule has 2 aromatic rings. The van der Waals surface area contributed by atoms with Crippen molar-refractivity contribution in [3.8, 4) is 0 Å². The summed E-state index contributed by atoms with van der Waals surface area (Å²) in [6.07, 6.45) is 7.93. The molecule has 0 aromatic carbocycles. The summed E-state index contributed by atoms with van der Waals surface area (Å²) in [7, 11) is 0. The molecule has 20 heavy (non-hydrogen) atoms. The predicted octanol–water partition coefficient (Wildman–Crippen LogP) is 2.73. The molecule has 2 unspecified atom stereocenters. The van der Waals surface area contributed by atoms with Crippen molar-refractivity contribution in [1.82, 2.24) is 9.88 Å². The summed E-state index contributed by atoms with van der Waals surface area (Å²) in [5.74, 6) is 0.992. The Hall–Kier alpha value is -1.65. The quantitative estimate of drug-likeness (QED) is 0.877. The number of nitrogens with zero attached hydrogens (tertiary/aromatic N) is 2. The Balaban J connectivity index is 1.86. The van der Waals surface area contributed by atoms with Crippen LogP contribution in [0, 0.1) is 0 Å². The Kier molecular flexibility index (Phi) is 3.85. The van der Waals surface area contributed by atoms with E-state index in [1.807, 2.05) is 24.4 Å². The zero-order valence-corrected chi connectivity index (χ0v) is 11.8. The van der Waals surface area contributed by atoms with Crippen LogP contribution in [0.1, 0.15) is 37.1 Å². The Morgan fingerprint density at radius 1 is 1.40 bits per heavy atom. The molecule has 0 aliphatic heterocycles. The maximum absolute atomic E-state index is 6.26. The van der Waals surface area contributed by atoms with Crippen molar-refractivity contribution in [2.75, 3.05) is 0 Å². The third kappa shape index (κ3) is 2.92. The van der Waals surface area contributed by atoms with Gasteiger partial charge in [0.25, 0.3) is 0 Å². The van der Waals surface area contributed by atoms with E-state index in [-0.39, 0.29) is 12.1 Å². The molecule has 2 heterocycles. The van der Waals surface area contributed by atoms with Gasteiger partial charge in [-0.05, 0) is 43.5 Å². The summed E-state index contributed by atoms with van der Waals surface area (Å²) >= 11 is 0. The van der Waals surface area contributed by atoms with Gasteiger partial charge < -0.3 is 10.2 Å². The molecular weight excluding hydrogens is 250 g/mol. The Morgan fingerprint density at radius 2 is 2.25 bits per heavy atom. The standard InChI is InChI=1S/C16H21N3O/c1-12(17)16(13-4-2-8-18-10-13)19(14-6-7-14)11-15-5-3-9-20-15/h2-5,8-10,12,14,16H,6-7,11,17H2,1H3. The highest BCUT2D eigenvalue weighted by Crippen LogP contribution is 2.36. The van der Waals surface area contributed by atoms with Crippen LogP contribution in [0.4, 0.5) is 0 Å². The minimum atomic E-state index is 0.0507. The van der Waals surface area contributed by atoms with Crippen molar-refractivity contribution in [3.63, 3.8) is 0 Å². The van der Waals surface area contributed by atoms with Gasteiger partial charge in [-0.15, -0.1) is 0 Å². The highest BCUT2D eigenvalue weighted by atomic mass is 16.3. The van der Waals surface area contributed by atoms with Crippen molar-refractivity contribution < 1.29 is 4.42 Å². The minimum Gasteiger partial charge on any atom is -0.468 e. The molecule has 4 heteroatoms. The molecule has 4 nitrogen and oxygen atoms in total. The fraction of sp³-hybridized carbons (Fsp3) is 0.438. The minimum absolute atomic E-state index is 0.0507.